The number of likely N-dealkylation sites (tertiary alicyclic amines) is 1. The Hall–Kier alpha value is -1.35. The van der Waals surface area contributed by atoms with E-state index in [1.165, 1.54) is 25.7 Å². The molecule has 0 atom stereocenters. The van der Waals surface area contributed by atoms with E-state index in [0.29, 0.717) is 13.2 Å². The molecule has 3 nitrogen and oxygen atoms in total. The average molecular weight is 261 g/mol. The van der Waals surface area contributed by atoms with Crippen LogP contribution in [0, 0.1) is 0 Å². The smallest absolute Gasteiger partial charge is 0.176 e. The maximum atomic E-state index is 12.2. The maximum Gasteiger partial charge on any atom is 0.176 e. The summed E-state index contributed by atoms with van der Waals surface area (Å²) in [4.78, 5) is 14.5. The summed E-state index contributed by atoms with van der Waals surface area (Å²) in [6.45, 7) is 5.28. The molecule has 1 fully saturated rings. The van der Waals surface area contributed by atoms with Gasteiger partial charge in [0.25, 0.3) is 0 Å². The molecule has 0 spiro atoms. The second-order valence-electron chi connectivity index (χ2n) is 5.07. The third-order valence-corrected chi connectivity index (χ3v) is 3.55. The molecule has 3 heteroatoms. The molecule has 0 unspecified atom stereocenters. The first kappa shape index (κ1) is 14.1. The van der Waals surface area contributed by atoms with Gasteiger partial charge in [-0.2, -0.15) is 0 Å². The van der Waals surface area contributed by atoms with E-state index in [9.17, 15) is 4.79 Å². The zero-order valence-corrected chi connectivity index (χ0v) is 11.7. The summed E-state index contributed by atoms with van der Waals surface area (Å²) in [5, 5.41) is 0. The van der Waals surface area contributed by atoms with Crippen LogP contribution in [0.4, 0.5) is 0 Å². The van der Waals surface area contributed by atoms with Gasteiger partial charge in [-0.1, -0.05) is 12.8 Å². The van der Waals surface area contributed by atoms with E-state index in [1.54, 1.807) is 0 Å². The van der Waals surface area contributed by atoms with Crippen molar-refractivity contribution in [1.82, 2.24) is 4.90 Å². The molecule has 1 aromatic rings. The molecule has 1 aromatic carbocycles. The lowest BCUT2D eigenvalue weighted by Gasteiger charge is -2.18. The first-order valence-electron chi connectivity index (χ1n) is 7.28. The van der Waals surface area contributed by atoms with Gasteiger partial charge in [-0.3, -0.25) is 9.69 Å². The third-order valence-electron chi connectivity index (χ3n) is 3.55. The number of hydrogen-bond acceptors (Lipinski definition) is 3. The highest BCUT2D eigenvalue weighted by atomic mass is 16.5. The Morgan fingerprint density at radius 3 is 2.32 bits per heavy atom. The Balaban J connectivity index is 1.91. The quantitative estimate of drug-likeness (QED) is 0.763. The predicted molar refractivity (Wildman–Crippen MR) is 76.8 cm³/mol. The SMILES string of the molecule is CCOc1ccc(C(=O)CN2CCCCCC2)cc1. The molecule has 19 heavy (non-hydrogen) atoms. The summed E-state index contributed by atoms with van der Waals surface area (Å²) in [6, 6.07) is 7.48. The molecule has 0 saturated carbocycles. The minimum atomic E-state index is 0.213. The number of rotatable bonds is 5. The second-order valence-corrected chi connectivity index (χ2v) is 5.07. The molecule has 0 amide bonds. The summed E-state index contributed by atoms with van der Waals surface area (Å²) < 4.78 is 5.39. The fourth-order valence-electron chi connectivity index (χ4n) is 2.49. The zero-order chi connectivity index (χ0) is 13.5. The molecule has 0 aromatic heterocycles. The Bertz CT molecular complexity index is 392. The number of Topliss-reactive ketones (excluding diaryl/α,β-unsaturated/α-hetero) is 1. The van der Waals surface area contributed by atoms with Gasteiger partial charge in [-0.25, -0.2) is 0 Å². The van der Waals surface area contributed by atoms with E-state index in [4.69, 9.17) is 4.74 Å². The van der Waals surface area contributed by atoms with Crippen molar-refractivity contribution in [3.05, 3.63) is 29.8 Å². The third kappa shape index (κ3) is 4.35. The lowest BCUT2D eigenvalue weighted by molar-refractivity contribution is 0.0933. The van der Waals surface area contributed by atoms with Crippen molar-refractivity contribution in [2.24, 2.45) is 0 Å². The summed E-state index contributed by atoms with van der Waals surface area (Å²) in [5.74, 6) is 1.04. The second kappa shape index (κ2) is 7.29. The van der Waals surface area contributed by atoms with Crippen LogP contribution >= 0.6 is 0 Å². The first-order chi connectivity index (χ1) is 9.29. The number of carbonyl (C=O) groups is 1. The highest BCUT2D eigenvalue weighted by molar-refractivity contribution is 5.97. The van der Waals surface area contributed by atoms with E-state index in [2.05, 4.69) is 4.90 Å². The van der Waals surface area contributed by atoms with Crippen LogP contribution in [0.25, 0.3) is 0 Å². The fourth-order valence-corrected chi connectivity index (χ4v) is 2.49. The van der Waals surface area contributed by atoms with Crippen molar-refractivity contribution in [3.8, 4) is 5.75 Å². The lowest BCUT2D eigenvalue weighted by atomic mass is 10.1. The molecular weight excluding hydrogens is 238 g/mol. The van der Waals surface area contributed by atoms with E-state index < -0.39 is 0 Å². The number of ether oxygens (including phenoxy) is 1. The molecule has 1 heterocycles. The van der Waals surface area contributed by atoms with Gasteiger partial charge in [-0.15, -0.1) is 0 Å². The number of benzene rings is 1. The number of nitrogens with zero attached hydrogens (tertiary/aromatic N) is 1. The summed E-state index contributed by atoms with van der Waals surface area (Å²) in [5.41, 5.74) is 0.785. The van der Waals surface area contributed by atoms with Crippen LogP contribution in [0.15, 0.2) is 24.3 Å². The van der Waals surface area contributed by atoms with Crippen molar-refractivity contribution in [2.45, 2.75) is 32.6 Å². The van der Waals surface area contributed by atoms with Gasteiger partial charge in [-0.05, 0) is 57.1 Å². The molecule has 1 aliphatic rings. The summed E-state index contributed by atoms with van der Waals surface area (Å²) in [6.07, 6.45) is 5.04. The van der Waals surface area contributed by atoms with Gasteiger partial charge < -0.3 is 4.74 Å². The van der Waals surface area contributed by atoms with Crippen molar-refractivity contribution >= 4 is 5.78 Å². The largest absolute Gasteiger partial charge is 0.494 e. The van der Waals surface area contributed by atoms with Crippen LogP contribution in [0.3, 0.4) is 0 Å². The van der Waals surface area contributed by atoms with Crippen LogP contribution < -0.4 is 4.74 Å². The first-order valence-corrected chi connectivity index (χ1v) is 7.28. The van der Waals surface area contributed by atoms with Gasteiger partial charge in [0.1, 0.15) is 5.75 Å². The standard InChI is InChI=1S/C16H23NO2/c1-2-19-15-9-7-14(8-10-15)16(18)13-17-11-5-3-4-6-12-17/h7-10H,2-6,11-13H2,1H3. The lowest BCUT2D eigenvalue weighted by Crippen LogP contribution is -2.30. The van der Waals surface area contributed by atoms with Gasteiger partial charge in [0.05, 0.1) is 13.2 Å². The Morgan fingerprint density at radius 2 is 1.74 bits per heavy atom. The summed E-state index contributed by atoms with van der Waals surface area (Å²) >= 11 is 0. The number of ketones is 1. The Labute approximate surface area is 115 Å². The monoisotopic (exact) mass is 261 g/mol. The van der Waals surface area contributed by atoms with Crippen LogP contribution in [0.5, 0.6) is 5.75 Å². The van der Waals surface area contributed by atoms with Crippen LogP contribution in [0.1, 0.15) is 43.0 Å². The van der Waals surface area contributed by atoms with Crippen molar-refractivity contribution in [3.63, 3.8) is 0 Å². The summed E-state index contributed by atoms with van der Waals surface area (Å²) in [7, 11) is 0. The van der Waals surface area contributed by atoms with Crippen molar-refractivity contribution in [2.75, 3.05) is 26.2 Å². The normalized spacial score (nSPS) is 16.9. The number of carbonyl (C=O) groups excluding carboxylic acids is 1. The fraction of sp³-hybridized carbons (Fsp3) is 0.562. The maximum absolute atomic E-state index is 12.2. The van der Waals surface area contributed by atoms with E-state index in [-0.39, 0.29) is 5.78 Å². The van der Waals surface area contributed by atoms with E-state index >= 15 is 0 Å². The van der Waals surface area contributed by atoms with Crippen LogP contribution in [-0.2, 0) is 0 Å². The molecule has 0 aliphatic carbocycles. The molecule has 0 N–H and O–H groups in total. The topological polar surface area (TPSA) is 29.5 Å². The van der Waals surface area contributed by atoms with E-state index in [1.807, 2.05) is 31.2 Å². The molecule has 1 saturated heterocycles. The molecule has 104 valence electrons. The Morgan fingerprint density at radius 1 is 1.11 bits per heavy atom. The van der Waals surface area contributed by atoms with Crippen LogP contribution in [-0.4, -0.2) is 36.9 Å². The highest BCUT2D eigenvalue weighted by Crippen LogP contribution is 2.14. The minimum Gasteiger partial charge on any atom is -0.494 e. The van der Waals surface area contributed by atoms with Gasteiger partial charge in [0, 0.05) is 5.56 Å². The molecule has 0 radical (unpaired) electrons. The average Bonchev–Trinajstić information content (AvgIpc) is 2.68. The van der Waals surface area contributed by atoms with E-state index in [0.717, 1.165) is 24.4 Å². The molecule has 1 aliphatic heterocycles. The Kier molecular flexibility index (Phi) is 5.40. The molecule has 2 rings (SSSR count). The number of hydrogen-bond donors (Lipinski definition) is 0. The highest BCUT2D eigenvalue weighted by Gasteiger charge is 2.14. The van der Waals surface area contributed by atoms with Gasteiger partial charge in [0.15, 0.2) is 5.78 Å². The molecule has 0 bridgehead atoms. The van der Waals surface area contributed by atoms with Crippen molar-refractivity contribution < 1.29 is 9.53 Å². The minimum absolute atomic E-state index is 0.213. The predicted octanol–water partition coefficient (Wildman–Crippen LogP) is 3.14. The van der Waals surface area contributed by atoms with Crippen molar-refractivity contribution in [1.29, 1.82) is 0 Å². The zero-order valence-electron chi connectivity index (χ0n) is 11.7. The van der Waals surface area contributed by atoms with Gasteiger partial charge >= 0.3 is 0 Å². The molecular formula is C16H23NO2. The van der Waals surface area contributed by atoms with Crippen LogP contribution in [0.2, 0.25) is 0 Å². The van der Waals surface area contributed by atoms with Gasteiger partial charge in [0.2, 0.25) is 0 Å².